The van der Waals surface area contributed by atoms with Gasteiger partial charge in [0.1, 0.15) is 0 Å². The molecule has 0 aliphatic rings. The highest BCUT2D eigenvalue weighted by atomic mass is 32.1. The first-order chi connectivity index (χ1) is 7.58. The van der Waals surface area contributed by atoms with Crippen LogP contribution in [0.3, 0.4) is 0 Å². The Labute approximate surface area is 103 Å². The van der Waals surface area contributed by atoms with E-state index in [1.807, 2.05) is 13.8 Å². The van der Waals surface area contributed by atoms with Crippen LogP contribution in [-0.4, -0.2) is 42.6 Å². The van der Waals surface area contributed by atoms with Gasteiger partial charge in [0.15, 0.2) is 0 Å². The molecule has 0 aliphatic carbocycles. The smallest absolute Gasteiger partial charge is 0.232 e. The van der Waals surface area contributed by atoms with Crippen molar-refractivity contribution in [3.63, 3.8) is 0 Å². The molecule has 0 aromatic rings. The molecule has 0 aromatic carbocycles. The lowest BCUT2D eigenvalue weighted by Crippen LogP contribution is -2.42. The van der Waals surface area contributed by atoms with E-state index in [0.29, 0.717) is 24.7 Å². The molecule has 0 bridgehead atoms. The van der Waals surface area contributed by atoms with Crippen molar-refractivity contribution < 1.29 is 9.53 Å². The summed E-state index contributed by atoms with van der Waals surface area (Å²) in [4.78, 5) is 14.1. The second-order valence-electron chi connectivity index (χ2n) is 3.65. The van der Waals surface area contributed by atoms with Crippen molar-refractivity contribution in [3.8, 4) is 0 Å². The van der Waals surface area contributed by atoms with E-state index in [2.05, 4.69) is 0 Å². The first-order valence-corrected chi connectivity index (χ1v) is 6.06. The molecule has 0 aliphatic heterocycles. The molecule has 4 nitrogen and oxygen atoms in total. The third kappa shape index (κ3) is 4.90. The molecule has 0 fully saturated rings. The molecule has 16 heavy (non-hydrogen) atoms. The fourth-order valence-electron chi connectivity index (χ4n) is 1.52. The van der Waals surface area contributed by atoms with Crippen molar-refractivity contribution in [1.29, 1.82) is 0 Å². The van der Waals surface area contributed by atoms with Gasteiger partial charge in [0.25, 0.3) is 0 Å². The van der Waals surface area contributed by atoms with Crippen LogP contribution in [-0.2, 0) is 9.53 Å². The summed E-state index contributed by atoms with van der Waals surface area (Å²) in [5, 5.41) is 0. The van der Waals surface area contributed by atoms with Crippen molar-refractivity contribution in [3.05, 3.63) is 0 Å². The van der Waals surface area contributed by atoms with Gasteiger partial charge in [-0.05, 0) is 13.3 Å². The number of hydrogen-bond acceptors (Lipinski definition) is 3. The number of amides is 1. The molecule has 0 heterocycles. The first-order valence-electron chi connectivity index (χ1n) is 5.65. The van der Waals surface area contributed by atoms with Crippen molar-refractivity contribution in [2.75, 3.05) is 26.8 Å². The minimum absolute atomic E-state index is 0.0221. The summed E-state index contributed by atoms with van der Waals surface area (Å²) in [6.45, 7) is 5.75. The van der Waals surface area contributed by atoms with Crippen LogP contribution < -0.4 is 5.73 Å². The topological polar surface area (TPSA) is 55.6 Å². The van der Waals surface area contributed by atoms with Crippen LogP contribution in [0, 0.1) is 5.92 Å². The van der Waals surface area contributed by atoms with Crippen LogP contribution in [0.25, 0.3) is 0 Å². The van der Waals surface area contributed by atoms with Crippen molar-refractivity contribution in [1.82, 2.24) is 4.90 Å². The van der Waals surface area contributed by atoms with Crippen LogP contribution in [0.1, 0.15) is 26.7 Å². The Morgan fingerprint density at radius 3 is 2.50 bits per heavy atom. The summed E-state index contributed by atoms with van der Waals surface area (Å²) in [6, 6.07) is 0. The molecule has 2 N–H and O–H groups in total. The van der Waals surface area contributed by atoms with Gasteiger partial charge < -0.3 is 15.4 Å². The molecule has 94 valence electrons. The Bertz CT molecular complexity index is 234. The number of methoxy groups -OCH3 is 1. The Balaban J connectivity index is 4.48. The van der Waals surface area contributed by atoms with Gasteiger partial charge in [-0.3, -0.25) is 4.79 Å². The van der Waals surface area contributed by atoms with E-state index in [1.54, 1.807) is 12.0 Å². The lowest BCUT2D eigenvalue weighted by molar-refractivity contribution is -0.133. The van der Waals surface area contributed by atoms with E-state index >= 15 is 0 Å². The zero-order valence-corrected chi connectivity index (χ0v) is 11.2. The summed E-state index contributed by atoms with van der Waals surface area (Å²) in [6.07, 6.45) is 1.62. The lowest BCUT2D eigenvalue weighted by Gasteiger charge is -2.25. The average molecular weight is 246 g/mol. The molecule has 0 aromatic heterocycles. The summed E-state index contributed by atoms with van der Waals surface area (Å²) in [7, 11) is 1.62. The molecule has 0 saturated heterocycles. The second kappa shape index (κ2) is 8.47. The quantitative estimate of drug-likeness (QED) is 0.654. The molecule has 0 spiro atoms. The molecule has 1 amide bonds. The first kappa shape index (κ1) is 15.3. The van der Waals surface area contributed by atoms with E-state index < -0.39 is 0 Å². The van der Waals surface area contributed by atoms with E-state index in [-0.39, 0.29) is 11.8 Å². The van der Waals surface area contributed by atoms with Gasteiger partial charge in [0, 0.05) is 20.2 Å². The van der Waals surface area contributed by atoms with Crippen molar-refractivity contribution >= 4 is 23.1 Å². The second-order valence-corrected chi connectivity index (χ2v) is 4.13. The van der Waals surface area contributed by atoms with Crippen molar-refractivity contribution in [2.24, 2.45) is 11.7 Å². The van der Waals surface area contributed by atoms with Gasteiger partial charge in [0.05, 0.1) is 17.5 Å². The van der Waals surface area contributed by atoms with E-state index in [9.17, 15) is 4.79 Å². The largest absolute Gasteiger partial charge is 0.393 e. The van der Waals surface area contributed by atoms with Crippen LogP contribution in [0.5, 0.6) is 0 Å². The van der Waals surface area contributed by atoms with Crippen LogP contribution >= 0.6 is 12.2 Å². The predicted molar refractivity (Wildman–Crippen MR) is 69.3 cm³/mol. The minimum Gasteiger partial charge on any atom is -0.393 e. The molecule has 0 saturated carbocycles. The van der Waals surface area contributed by atoms with Gasteiger partial charge in [-0.25, -0.2) is 0 Å². The number of carbonyl (C=O) groups is 1. The maximum absolute atomic E-state index is 12.1. The van der Waals surface area contributed by atoms with E-state index in [0.717, 1.165) is 12.8 Å². The maximum atomic E-state index is 12.1. The average Bonchev–Trinajstić information content (AvgIpc) is 2.26. The van der Waals surface area contributed by atoms with Crippen LogP contribution in [0.4, 0.5) is 0 Å². The Hall–Kier alpha value is -0.680. The highest BCUT2D eigenvalue weighted by Gasteiger charge is 2.24. The van der Waals surface area contributed by atoms with Gasteiger partial charge >= 0.3 is 0 Å². The fraction of sp³-hybridized carbons (Fsp3) is 0.818. The number of nitrogens with zero attached hydrogens (tertiary/aromatic N) is 1. The van der Waals surface area contributed by atoms with Gasteiger partial charge in [-0.2, -0.15) is 0 Å². The Morgan fingerprint density at radius 2 is 2.12 bits per heavy atom. The molecule has 0 rings (SSSR count). The molecular formula is C11H22N2O2S. The number of carbonyl (C=O) groups excluding carboxylic acids is 1. The standard InChI is InChI=1S/C11H22N2O2S/c1-4-6-9(10(12)16)11(14)13(5-2)7-8-15-3/h9H,4-8H2,1-3H3,(H2,12,16). The lowest BCUT2D eigenvalue weighted by atomic mass is 10.0. The monoisotopic (exact) mass is 246 g/mol. The zero-order valence-electron chi connectivity index (χ0n) is 10.4. The van der Waals surface area contributed by atoms with E-state index in [1.165, 1.54) is 0 Å². The molecule has 5 heteroatoms. The molecule has 1 unspecified atom stereocenters. The van der Waals surface area contributed by atoms with Gasteiger partial charge in [-0.1, -0.05) is 25.6 Å². The molecule has 1 atom stereocenters. The minimum atomic E-state index is -0.322. The highest BCUT2D eigenvalue weighted by Crippen LogP contribution is 2.11. The van der Waals surface area contributed by atoms with Crippen molar-refractivity contribution in [2.45, 2.75) is 26.7 Å². The number of thiocarbonyl (C=S) groups is 1. The number of nitrogens with two attached hydrogens (primary N) is 1. The number of likely N-dealkylation sites (N-methyl/N-ethyl adjacent to an activating group) is 1. The molecule has 0 radical (unpaired) electrons. The van der Waals surface area contributed by atoms with E-state index in [4.69, 9.17) is 22.7 Å². The zero-order chi connectivity index (χ0) is 12.6. The van der Waals surface area contributed by atoms with Crippen LogP contribution in [0.2, 0.25) is 0 Å². The SMILES string of the molecule is CCCC(C(=O)N(CC)CCOC)C(N)=S. The normalized spacial score (nSPS) is 12.2. The number of hydrogen-bond donors (Lipinski definition) is 1. The van der Waals surface area contributed by atoms with Gasteiger partial charge in [-0.15, -0.1) is 0 Å². The van der Waals surface area contributed by atoms with Gasteiger partial charge in [0.2, 0.25) is 5.91 Å². The third-order valence-electron chi connectivity index (χ3n) is 2.48. The van der Waals surface area contributed by atoms with Crippen LogP contribution in [0.15, 0.2) is 0 Å². The molecular weight excluding hydrogens is 224 g/mol. The summed E-state index contributed by atoms with van der Waals surface area (Å²) in [5.41, 5.74) is 5.60. The summed E-state index contributed by atoms with van der Waals surface area (Å²) >= 11 is 4.94. The number of ether oxygens (including phenoxy) is 1. The third-order valence-corrected chi connectivity index (χ3v) is 2.76. The predicted octanol–water partition coefficient (Wildman–Crippen LogP) is 1.18. The maximum Gasteiger partial charge on any atom is 0.232 e. The highest BCUT2D eigenvalue weighted by molar-refractivity contribution is 7.80. The summed E-state index contributed by atoms with van der Waals surface area (Å²) in [5.74, 6) is -0.300. The Kier molecular flexibility index (Phi) is 8.11. The fourth-order valence-corrected chi connectivity index (χ4v) is 1.74. The number of rotatable bonds is 8. The summed E-state index contributed by atoms with van der Waals surface area (Å²) < 4.78 is 4.97. The Morgan fingerprint density at radius 1 is 1.50 bits per heavy atom.